The Kier molecular flexibility index (Phi) is 7.69. The highest BCUT2D eigenvalue weighted by atomic mass is 16.5. The first-order valence-electron chi connectivity index (χ1n) is 10.2. The van der Waals surface area contributed by atoms with E-state index in [-0.39, 0.29) is 0 Å². The van der Waals surface area contributed by atoms with Gasteiger partial charge in [-0.1, -0.05) is 24.3 Å². The number of aromatic nitrogens is 1. The summed E-state index contributed by atoms with van der Waals surface area (Å²) in [6, 6.07) is 12.3. The first-order chi connectivity index (χ1) is 14.2. The van der Waals surface area contributed by atoms with E-state index in [2.05, 4.69) is 55.7 Å². The van der Waals surface area contributed by atoms with Gasteiger partial charge < -0.3 is 25.2 Å². The lowest BCUT2D eigenvalue weighted by atomic mass is 10.2. The molecule has 1 aromatic heterocycles. The lowest BCUT2D eigenvalue weighted by molar-refractivity contribution is 0.312. The van der Waals surface area contributed by atoms with Gasteiger partial charge in [0.25, 0.3) is 0 Å². The molecule has 0 spiro atoms. The van der Waals surface area contributed by atoms with Crippen molar-refractivity contribution in [2.24, 2.45) is 4.99 Å². The van der Waals surface area contributed by atoms with Gasteiger partial charge in [0.1, 0.15) is 11.6 Å². The molecule has 3 rings (SSSR count). The number of pyridine rings is 1. The van der Waals surface area contributed by atoms with Gasteiger partial charge in [-0.05, 0) is 31.7 Å². The Morgan fingerprint density at radius 1 is 1.07 bits per heavy atom. The summed E-state index contributed by atoms with van der Waals surface area (Å²) in [5, 5.41) is 6.70. The Hall–Kier alpha value is -2.80. The third-order valence-electron chi connectivity index (χ3n) is 5.04. The minimum absolute atomic E-state index is 0.649. The molecule has 29 heavy (non-hydrogen) atoms. The van der Waals surface area contributed by atoms with Gasteiger partial charge in [0.05, 0.1) is 6.61 Å². The first kappa shape index (κ1) is 20.9. The Morgan fingerprint density at radius 3 is 2.52 bits per heavy atom. The number of anilines is 1. The largest absolute Gasteiger partial charge is 0.494 e. The van der Waals surface area contributed by atoms with Crippen molar-refractivity contribution in [3.8, 4) is 5.75 Å². The highest BCUT2D eigenvalue weighted by Crippen LogP contribution is 2.17. The normalized spacial score (nSPS) is 15.3. The minimum Gasteiger partial charge on any atom is -0.494 e. The molecule has 1 saturated heterocycles. The average Bonchev–Trinajstić information content (AvgIpc) is 2.76. The molecular weight excluding hydrogens is 364 g/mol. The summed E-state index contributed by atoms with van der Waals surface area (Å²) in [4.78, 5) is 13.6. The Bertz CT molecular complexity index is 784. The Labute approximate surface area is 173 Å². The topological polar surface area (TPSA) is 65.0 Å². The van der Waals surface area contributed by atoms with E-state index in [1.807, 2.05) is 31.3 Å². The number of rotatable bonds is 7. The van der Waals surface area contributed by atoms with E-state index >= 15 is 0 Å². The summed E-state index contributed by atoms with van der Waals surface area (Å²) in [6.07, 6.45) is 1.94. The van der Waals surface area contributed by atoms with Gasteiger partial charge in [0.15, 0.2) is 5.96 Å². The summed E-state index contributed by atoms with van der Waals surface area (Å²) in [5.41, 5.74) is 2.23. The molecule has 0 amide bonds. The number of hydrogen-bond donors (Lipinski definition) is 2. The van der Waals surface area contributed by atoms with Gasteiger partial charge >= 0.3 is 0 Å². The molecular formula is C22H32N6O. The van der Waals surface area contributed by atoms with Crippen LogP contribution in [0.2, 0.25) is 0 Å². The molecule has 1 aliphatic rings. The second-order valence-electron chi connectivity index (χ2n) is 7.14. The molecule has 0 unspecified atom stereocenters. The number of hydrogen-bond acceptors (Lipinski definition) is 5. The summed E-state index contributed by atoms with van der Waals surface area (Å²) < 4.78 is 5.68. The SMILES string of the molecule is CCOc1ccccc1CNC(=NC)NCc1ccc(N2CCN(C)CC2)nc1. The van der Waals surface area contributed by atoms with Crippen LogP contribution >= 0.6 is 0 Å². The molecule has 1 fully saturated rings. The predicted molar refractivity (Wildman–Crippen MR) is 119 cm³/mol. The van der Waals surface area contributed by atoms with Gasteiger partial charge in [-0.15, -0.1) is 0 Å². The number of para-hydroxylation sites is 1. The molecule has 0 saturated carbocycles. The van der Waals surface area contributed by atoms with Crippen molar-refractivity contribution < 1.29 is 4.74 Å². The fourth-order valence-electron chi connectivity index (χ4n) is 3.28. The molecule has 0 atom stereocenters. The van der Waals surface area contributed by atoms with E-state index < -0.39 is 0 Å². The summed E-state index contributed by atoms with van der Waals surface area (Å²) in [7, 11) is 3.94. The third-order valence-corrected chi connectivity index (χ3v) is 5.04. The lowest BCUT2D eigenvalue weighted by Gasteiger charge is -2.33. The zero-order chi connectivity index (χ0) is 20.5. The highest BCUT2D eigenvalue weighted by molar-refractivity contribution is 5.79. The fourth-order valence-corrected chi connectivity index (χ4v) is 3.28. The van der Waals surface area contributed by atoms with Crippen LogP contribution in [0.15, 0.2) is 47.6 Å². The predicted octanol–water partition coefficient (Wildman–Crippen LogP) is 2.10. The standard InChI is InChI=1S/C22H32N6O/c1-4-29-20-8-6-5-7-19(20)17-26-22(23-2)25-16-18-9-10-21(24-15-18)28-13-11-27(3)12-14-28/h5-10,15H,4,11-14,16-17H2,1-3H3,(H2,23,25,26). The second-order valence-corrected chi connectivity index (χ2v) is 7.14. The smallest absolute Gasteiger partial charge is 0.191 e. The quantitative estimate of drug-likeness (QED) is 0.552. The Morgan fingerprint density at radius 2 is 1.83 bits per heavy atom. The Balaban J connectivity index is 1.49. The van der Waals surface area contributed by atoms with Crippen LogP contribution in [0.4, 0.5) is 5.82 Å². The minimum atomic E-state index is 0.649. The van der Waals surface area contributed by atoms with E-state index in [9.17, 15) is 0 Å². The second kappa shape index (κ2) is 10.7. The number of nitrogens with one attached hydrogen (secondary N) is 2. The lowest BCUT2D eigenvalue weighted by Crippen LogP contribution is -2.44. The van der Waals surface area contributed by atoms with Crippen molar-refractivity contribution >= 4 is 11.8 Å². The van der Waals surface area contributed by atoms with Crippen molar-refractivity contribution in [1.29, 1.82) is 0 Å². The van der Waals surface area contributed by atoms with Crippen molar-refractivity contribution in [2.45, 2.75) is 20.0 Å². The van der Waals surface area contributed by atoms with Crippen LogP contribution < -0.4 is 20.3 Å². The molecule has 1 aromatic carbocycles. The summed E-state index contributed by atoms with van der Waals surface area (Å²) in [6.45, 7) is 8.19. The fraction of sp³-hybridized carbons (Fsp3) is 0.455. The van der Waals surface area contributed by atoms with Crippen LogP contribution in [0, 0.1) is 0 Å². The van der Waals surface area contributed by atoms with E-state index in [0.717, 1.165) is 54.8 Å². The van der Waals surface area contributed by atoms with E-state index in [1.54, 1.807) is 7.05 Å². The van der Waals surface area contributed by atoms with Crippen molar-refractivity contribution in [3.05, 3.63) is 53.7 Å². The molecule has 1 aliphatic heterocycles. The van der Waals surface area contributed by atoms with Crippen LogP contribution in [-0.4, -0.2) is 62.7 Å². The molecule has 0 bridgehead atoms. The molecule has 7 nitrogen and oxygen atoms in total. The van der Waals surface area contributed by atoms with Crippen molar-refractivity contribution in [3.63, 3.8) is 0 Å². The molecule has 2 aromatic rings. The number of ether oxygens (including phenoxy) is 1. The molecule has 0 aliphatic carbocycles. The van der Waals surface area contributed by atoms with Crippen LogP contribution in [0.5, 0.6) is 5.75 Å². The molecule has 2 heterocycles. The number of benzene rings is 1. The number of nitrogens with zero attached hydrogens (tertiary/aromatic N) is 4. The van der Waals surface area contributed by atoms with Crippen LogP contribution in [0.1, 0.15) is 18.1 Å². The summed E-state index contributed by atoms with van der Waals surface area (Å²) in [5.74, 6) is 2.71. The van der Waals surface area contributed by atoms with E-state index in [0.29, 0.717) is 19.7 Å². The van der Waals surface area contributed by atoms with Gasteiger partial charge in [0, 0.05) is 58.1 Å². The van der Waals surface area contributed by atoms with Crippen LogP contribution in [0.25, 0.3) is 0 Å². The molecule has 0 radical (unpaired) electrons. The number of piperazine rings is 1. The monoisotopic (exact) mass is 396 g/mol. The van der Waals surface area contributed by atoms with Gasteiger partial charge in [0.2, 0.25) is 0 Å². The molecule has 7 heteroatoms. The first-order valence-corrected chi connectivity index (χ1v) is 10.2. The zero-order valence-corrected chi connectivity index (χ0v) is 17.7. The van der Waals surface area contributed by atoms with E-state index in [1.165, 1.54) is 0 Å². The van der Waals surface area contributed by atoms with Crippen LogP contribution in [-0.2, 0) is 13.1 Å². The average molecular weight is 397 g/mol. The van der Waals surface area contributed by atoms with Gasteiger partial charge in [-0.2, -0.15) is 0 Å². The zero-order valence-electron chi connectivity index (χ0n) is 17.7. The van der Waals surface area contributed by atoms with E-state index in [4.69, 9.17) is 4.74 Å². The summed E-state index contributed by atoms with van der Waals surface area (Å²) >= 11 is 0. The maximum Gasteiger partial charge on any atom is 0.191 e. The van der Waals surface area contributed by atoms with Gasteiger partial charge in [-0.3, -0.25) is 4.99 Å². The van der Waals surface area contributed by atoms with Crippen LogP contribution in [0.3, 0.4) is 0 Å². The van der Waals surface area contributed by atoms with Gasteiger partial charge in [-0.25, -0.2) is 4.98 Å². The van der Waals surface area contributed by atoms with Crippen molar-refractivity contribution in [1.82, 2.24) is 20.5 Å². The highest BCUT2D eigenvalue weighted by Gasteiger charge is 2.15. The molecule has 2 N–H and O–H groups in total. The third kappa shape index (κ3) is 6.09. The number of likely N-dealkylation sites (N-methyl/N-ethyl adjacent to an activating group) is 1. The van der Waals surface area contributed by atoms with Crippen molar-refractivity contribution in [2.75, 3.05) is 51.8 Å². The number of guanidine groups is 1. The number of aliphatic imine (C=N–C) groups is 1. The maximum absolute atomic E-state index is 5.68. The molecule has 156 valence electrons. The maximum atomic E-state index is 5.68.